The van der Waals surface area contributed by atoms with Crippen LogP contribution in [-0.4, -0.2) is 35.6 Å². The summed E-state index contributed by atoms with van der Waals surface area (Å²) in [7, 11) is 3.83. The van der Waals surface area contributed by atoms with Gasteiger partial charge in [-0.3, -0.25) is 4.79 Å². The largest absolute Gasteiger partial charge is 0.331 e. The van der Waals surface area contributed by atoms with E-state index in [0.29, 0.717) is 0 Å². The van der Waals surface area contributed by atoms with E-state index in [-0.39, 0.29) is 11.8 Å². The number of nitrogens with zero attached hydrogens (tertiary/aromatic N) is 3. The topological polar surface area (TPSA) is 50.2 Å². The average molecular weight is 258 g/mol. The summed E-state index contributed by atoms with van der Waals surface area (Å²) >= 11 is 0. The van der Waals surface area contributed by atoms with E-state index in [1.165, 1.54) is 0 Å². The molecule has 1 aromatic carbocycles. The molecule has 2 aromatic rings. The third-order valence-corrected chi connectivity index (χ3v) is 3.94. The highest BCUT2D eigenvalue weighted by molar-refractivity contribution is 5.97. The molecule has 0 atom stereocenters. The second kappa shape index (κ2) is 4.35. The summed E-state index contributed by atoms with van der Waals surface area (Å²) in [6, 6.07) is 5.98. The first-order valence-corrected chi connectivity index (χ1v) is 6.49. The second-order valence-corrected chi connectivity index (χ2v) is 5.14. The molecule has 1 fully saturated rings. The van der Waals surface area contributed by atoms with E-state index >= 15 is 0 Å². The smallest absolute Gasteiger partial charge is 0.232 e. The molecule has 5 nitrogen and oxygen atoms in total. The fraction of sp³-hybridized carbons (Fsp3) is 0.429. The van der Waals surface area contributed by atoms with Crippen LogP contribution in [0.3, 0.4) is 0 Å². The Kier molecular flexibility index (Phi) is 2.78. The van der Waals surface area contributed by atoms with E-state index in [1.54, 1.807) is 4.90 Å². The van der Waals surface area contributed by atoms with E-state index in [9.17, 15) is 4.79 Å². The molecule has 3 rings (SSSR count). The zero-order chi connectivity index (χ0) is 13.6. The van der Waals surface area contributed by atoms with Gasteiger partial charge in [0, 0.05) is 32.9 Å². The Morgan fingerprint density at radius 2 is 2.21 bits per heavy atom. The highest BCUT2D eigenvalue weighted by Gasteiger charge is 2.28. The lowest BCUT2D eigenvalue weighted by atomic mass is 10.0. The van der Waals surface area contributed by atoms with Crippen molar-refractivity contribution < 1.29 is 4.79 Å². The van der Waals surface area contributed by atoms with E-state index in [2.05, 4.69) is 14.9 Å². The standard InChI is InChI=1S/C14H18N4O/c1-9-16-12-6-11(4-5-13(12)17(9)2)18(3)14(19)10-7-15-8-10/h4-6,10,15H,7-8H2,1-3H3. The molecule has 0 bridgehead atoms. The number of carbonyl (C=O) groups is 1. The van der Waals surface area contributed by atoms with Crippen LogP contribution in [-0.2, 0) is 11.8 Å². The van der Waals surface area contributed by atoms with E-state index in [0.717, 1.165) is 35.6 Å². The number of fused-ring (bicyclic) bond motifs is 1. The monoisotopic (exact) mass is 258 g/mol. The zero-order valence-electron chi connectivity index (χ0n) is 11.5. The lowest BCUT2D eigenvalue weighted by Gasteiger charge is -2.30. The van der Waals surface area contributed by atoms with Crippen molar-refractivity contribution >= 4 is 22.6 Å². The maximum absolute atomic E-state index is 12.2. The van der Waals surface area contributed by atoms with Gasteiger partial charge in [0.05, 0.1) is 17.0 Å². The molecule has 19 heavy (non-hydrogen) atoms. The molecule has 1 N–H and O–H groups in total. The van der Waals surface area contributed by atoms with E-state index < -0.39 is 0 Å². The molecule has 0 radical (unpaired) electrons. The third-order valence-electron chi connectivity index (χ3n) is 3.94. The molecule has 2 heterocycles. The van der Waals surface area contributed by atoms with Crippen LogP contribution in [0.1, 0.15) is 5.82 Å². The van der Waals surface area contributed by atoms with Crippen molar-refractivity contribution in [3.05, 3.63) is 24.0 Å². The highest BCUT2D eigenvalue weighted by Crippen LogP contribution is 2.23. The van der Waals surface area contributed by atoms with E-state index in [4.69, 9.17) is 0 Å². The number of benzene rings is 1. The van der Waals surface area contributed by atoms with Crippen LogP contribution in [0.4, 0.5) is 5.69 Å². The van der Waals surface area contributed by atoms with E-state index in [1.807, 2.05) is 39.2 Å². The molecular weight excluding hydrogens is 240 g/mol. The van der Waals surface area contributed by atoms with Crippen LogP contribution in [0.25, 0.3) is 11.0 Å². The molecule has 100 valence electrons. The predicted octanol–water partition coefficient (Wildman–Crippen LogP) is 1.06. The van der Waals surface area contributed by atoms with Crippen LogP contribution >= 0.6 is 0 Å². The Balaban J connectivity index is 1.94. The summed E-state index contributed by atoms with van der Waals surface area (Å²) in [6.45, 7) is 3.55. The summed E-state index contributed by atoms with van der Waals surface area (Å²) in [5.74, 6) is 1.27. The van der Waals surface area contributed by atoms with Gasteiger partial charge in [-0.2, -0.15) is 0 Å². The minimum atomic E-state index is 0.117. The molecular formula is C14H18N4O. The van der Waals surface area contributed by atoms with Gasteiger partial charge in [-0.25, -0.2) is 4.98 Å². The van der Waals surface area contributed by atoms with Gasteiger partial charge in [0.2, 0.25) is 5.91 Å². The normalized spacial score (nSPS) is 15.5. The summed E-state index contributed by atoms with van der Waals surface area (Å²) in [5.41, 5.74) is 2.93. The molecule has 0 spiro atoms. The summed E-state index contributed by atoms with van der Waals surface area (Å²) in [4.78, 5) is 18.4. The highest BCUT2D eigenvalue weighted by atomic mass is 16.2. The molecule has 0 saturated carbocycles. The Labute approximate surface area is 112 Å². The van der Waals surface area contributed by atoms with Crippen molar-refractivity contribution in [2.75, 3.05) is 25.0 Å². The van der Waals surface area contributed by atoms with Gasteiger partial charge in [0.25, 0.3) is 0 Å². The van der Waals surface area contributed by atoms with Crippen LogP contribution in [0, 0.1) is 12.8 Å². The van der Waals surface area contributed by atoms with Gasteiger partial charge in [0.15, 0.2) is 0 Å². The van der Waals surface area contributed by atoms with Gasteiger partial charge < -0.3 is 14.8 Å². The Bertz CT molecular complexity index is 642. The number of nitrogens with one attached hydrogen (secondary N) is 1. The number of aryl methyl sites for hydroxylation is 2. The minimum Gasteiger partial charge on any atom is -0.331 e. The zero-order valence-corrected chi connectivity index (χ0v) is 11.5. The summed E-state index contributed by atoms with van der Waals surface area (Å²) in [5, 5.41) is 3.13. The first kappa shape index (κ1) is 12.2. The number of amides is 1. The maximum atomic E-state index is 12.2. The van der Waals surface area contributed by atoms with Crippen LogP contribution in [0.15, 0.2) is 18.2 Å². The molecule has 1 aromatic heterocycles. The summed E-state index contributed by atoms with van der Waals surface area (Å²) < 4.78 is 2.05. The van der Waals surface area contributed by atoms with Gasteiger partial charge >= 0.3 is 0 Å². The Morgan fingerprint density at radius 3 is 2.84 bits per heavy atom. The predicted molar refractivity (Wildman–Crippen MR) is 75.2 cm³/mol. The van der Waals surface area contributed by atoms with Crippen LogP contribution in [0.5, 0.6) is 0 Å². The molecule has 1 aliphatic heterocycles. The number of imidazole rings is 1. The van der Waals surface area contributed by atoms with Crippen molar-refractivity contribution in [3.63, 3.8) is 0 Å². The molecule has 1 aliphatic rings. The number of rotatable bonds is 2. The van der Waals surface area contributed by atoms with Gasteiger partial charge in [-0.15, -0.1) is 0 Å². The van der Waals surface area contributed by atoms with Crippen molar-refractivity contribution in [3.8, 4) is 0 Å². The summed E-state index contributed by atoms with van der Waals surface area (Å²) in [6.07, 6.45) is 0. The van der Waals surface area contributed by atoms with Gasteiger partial charge in [-0.05, 0) is 25.1 Å². The third kappa shape index (κ3) is 1.90. The molecule has 5 heteroatoms. The number of anilines is 1. The Morgan fingerprint density at radius 1 is 1.47 bits per heavy atom. The molecule has 0 aliphatic carbocycles. The maximum Gasteiger partial charge on any atom is 0.232 e. The molecule has 1 saturated heterocycles. The Hall–Kier alpha value is -1.88. The lowest BCUT2D eigenvalue weighted by molar-refractivity contribution is -0.123. The lowest BCUT2D eigenvalue weighted by Crippen LogP contribution is -2.51. The van der Waals surface area contributed by atoms with Gasteiger partial charge in [0.1, 0.15) is 5.82 Å². The van der Waals surface area contributed by atoms with Gasteiger partial charge in [-0.1, -0.05) is 0 Å². The van der Waals surface area contributed by atoms with Crippen molar-refractivity contribution in [2.24, 2.45) is 13.0 Å². The second-order valence-electron chi connectivity index (χ2n) is 5.14. The SMILES string of the molecule is Cc1nc2cc(N(C)C(=O)C3CNC3)ccc2n1C. The fourth-order valence-corrected chi connectivity index (χ4v) is 2.38. The molecule has 0 unspecified atom stereocenters. The molecule has 1 amide bonds. The van der Waals surface area contributed by atoms with Crippen molar-refractivity contribution in [1.82, 2.24) is 14.9 Å². The fourth-order valence-electron chi connectivity index (χ4n) is 2.38. The van der Waals surface area contributed by atoms with Crippen LogP contribution in [0.2, 0.25) is 0 Å². The average Bonchev–Trinajstić information content (AvgIpc) is 2.61. The number of hydrogen-bond acceptors (Lipinski definition) is 3. The quantitative estimate of drug-likeness (QED) is 0.876. The minimum absolute atomic E-state index is 0.117. The number of hydrogen-bond donors (Lipinski definition) is 1. The first-order chi connectivity index (χ1) is 9.08. The number of carbonyl (C=O) groups excluding carboxylic acids is 1. The number of aromatic nitrogens is 2. The van der Waals surface area contributed by atoms with Crippen LogP contribution < -0.4 is 10.2 Å². The van der Waals surface area contributed by atoms with Crippen molar-refractivity contribution in [1.29, 1.82) is 0 Å². The van der Waals surface area contributed by atoms with Crippen molar-refractivity contribution in [2.45, 2.75) is 6.92 Å². The first-order valence-electron chi connectivity index (χ1n) is 6.49.